The second-order valence-corrected chi connectivity index (χ2v) is 8.49. The Hall–Kier alpha value is -2.79. The summed E-state index contributed by atoms with van der Waals surface area (Å²) >= 11 is 1.79. The summed E-state index contributed by atoms with van der Waals surface area (Å²) in [5.41, 5.74) is 4.96. The number of fused-ring (bicyclic) bond motifs is 4. The van der Waals surface area contributed by atoms with Gasteiger partial charge >= 0.3 is 0 Å². The second-order valence-electron chi connectivity index (χ2n) is 7.33. The summed E-state index contributed by atoms with van der Waals surface area (Å²) in [4.78, 5) is 31.3. The van der Waals surface area contributed by atoms with Crippen LogP contribution in [-0.4, -0.2) is 23.2 Å². The molecule has 2 aromatic carbocycles. The molecule has 1 N–H and O–H groups in total. The highest BCUT2D eigenvalue weighted by Gasteiger charge is 2.27. The van der Waals surface area contributed by atoms with Gasteiger partial charge in [0.15, 0.2) is 5.78 Å². The number of carbonyl (C=O) groups is 2. The molecule has 4 nitrogen and oxygen atoms in total. The zero-order valence-electron chi connectivity index (χ0n) is 15.5. The summed E-state index contributed by atoms with van der Waals surface area (Å²) in [6.45, 7) is 0.552. The summed E-state index contributed by atoms with van der Waals surface area (Å²) in [5, 5.41) is 4.07. The van der Waals surface area contributed by atoms with E-state index in [0.29, 0.717) is 23.2 Å². The predicted molar refractivity (Wildman–Crippen MR) is 110 cm³/mol. The van der Waals surface area contributed by atoms with E-state index in [-0.39, 0.29) is 11.7 Å². The third-order valence-corrected chi connectivity index (χ3v) is 6.72. The molecule has 2 aliphatic rings. The molecule has 1 aromatic heterocycles. The van der Waals surface area contributed by atoms with Crippen molar-refractivity contribution in [3.8, 4) is 11.1 Å². The monoisotopic (exact) mass is 388 g/mol. The fraction of sp³-hybridized carbons (Fsp3) is 0.261. The number of nitrogens with one attached hydrogen (secondary N) is 1. The van der Waals surface area contributed by atoms with Crippen LogP contribution in [0.5, 0.6) is 0 Å². The largest absolute Gasteiger partial charge is 0.352 e. The number of rotatable bonds is 4. The number of ketones is 1. The van der Waals surface area contributed by atoms with Crippen molar-refractivity contribution in [2.45, 2.75) is 32.1 Å². The smallest absolute Gasteiger partial charge is 0.251 e. The lowest BCUT2D eigenvalue weighted by Gasteiger charge is -2.06. The van der Waals surface area contributed by atoms with E-state index in [1.54, 1.807) is 23.5 Å². The first-order chi connectivity index (χ1) is 13.7. The van der Waals surface area contributed by atoms with Gasteiger partial charge in [0.25, 0.3) is 5.91 Å². The quantitative estimate of drug-likeness (QED) is 0.570. The first kappa shape index (κ1) is 17.3. The molecule has 0 spiro atoms. The van der Waals surface area contributed by atoms with Crippen LogP contribution in [0.1, 0.15) is 54.7 Å². The van der Waals surface area contributed by atoms with Crippen LogP contribution in [0.3, 0.4) is 0 Å². The molecule has 0 saturated heterocycles. The van der Waals surface area contributed by atoms with Gasteiger partial charge in [0.05, 0.1) is 10.7 Å². The fourth-order valence-corrected chi connectivity index (χ4v) is 5.22. The summed E-state index contributed by atoms with van der Waals surface area (Å²) in [6.07, 6.45) is 5.47. The van der Waals surface area contributed by atoms with Crippen molar-refractivity contribution in [1.82, 2.24) is 10.3 Å². The molecule has 1 amide bonds. The van der Waals surface area contributed by atoms with E-state index in [1.165, 1.54) is 23.4 Å². The molecule has 0 saturated carbocycles. The Morgan fingerprint density at radius 3 is 2.64 bits per heavy atom. The van der Waals surface area contributed by atoms with Gasteiger partial charge in [-0.25, -0.2) is 4.98 Å². The van der Waals surface area contributed by atoms with Crippen LogP contribution in [0.15, 0.2) is 42.5 Å². The van der Waals surface area contributed by atoms with Crippen molar-refractivity contribution < 1.29 is 9.59 Å². The van der Waals surface area contributed by atoms with Gasteiger partial charge < -0.3 is 5.32 Å². The highest BCUT2D eigenvalue weighted by atomic mass is 32.1. The Labute approximate surface area is 167 Å². The van der Waals surface area contributed by atoms with Crippen LogP contribution in [0.4, 0.5) is 0 Å². The average molecular weight is 388 g/mol. The maximum atomic E-state index is 12.6. The molecule has 5 rings (SSSR count). The minimum atomic E-state index is -0.145. The van der Waals surface area contributed by atoms with Crippen LogP contribution in [-0.2, 0) is 19.3 Å². The van der Waals surface area contributed by atoms with Crippen LogP contribution < -0.4 is 5.32 Å². The van der Waals surface area contributed by atoms with E-state index in [1.807, 2.05) is 30.3 Å². The Morgan fingerprint density at radius 1 is 1.00 bits per heavy atom. The molecular formula is C23H20N2O2S. The van der Waals surface area contributed by atoms with E-state index in [9.17, 15) is 9.59 Å². The molecule has 1 heterocycles. The van der Waals surface area contributed by atoms with E-state index in [0.717, 1.165) is 35.4 Å². The summed E-state index contributed by atoms with van der Waals surface area (Å²) in [5.74, 6) is -0.151. The fourth-order valence-electron chi connectivity index (χ4n) is 4.07. The van der Waals surface area contributed by atoms with E-state index >= 15 is 0 Å². The Balaban J connectivity index is 1.27. The SMILES string of the molecule is O=C(NCCc1nc2c(s1)CCCC2)c1ccc2c(c1)C(=O)c1ccccc1-2. The number of hydrogen-bond acceptors (Lipinski definition) is 4. The van der Waals surface area contributed by atoms with Crippen molar-refractivity contribution in [3.63, 3.8) is 0 Å². The molecule has 0 bridgehead atoms. The van der Waals surface area contributed by atoms with Gasteiger partial charge in [0.1, 0.15) is 0 Å². The first-order valence-corrected chi connectivity index (χ1v) is 10.6. The predicted octanol–water partition coefficient (Wildman–Crippen LogP) is 4.21. The van der Waals surface area contributed by atoms with Gasteiger partial charge in [-0.3, -0.25) is 9.59 Å². The van der Waals surface area contributed by atoms with E-state index in [2.05, 4.69) is 5.32 Å². The topological polar surface area (TPSA) is 59.1 Å². The molecule has 0 aliphatic heterocycles. The molecule has 140 valence electrons. The van der Waals surface area contributed by atoms with Gasteiger partial charge in [0.2, 0.25) is 0 Å². The minimum Gasteiger partial charge on any atom is -0.352 e. The van der Waals surface area contributed by atoms with Crippen molar-refractivity contribution in [2.24, 2.45) is 0 Å². The zero-order valence-corrected chi connectivity index (χ0v) is 16.3. The second kappa shape index (κ2) is 6.99. The number of aromatic nitrogens is 1. The Kier molecular flexibility index (Phi) is 4.32. The van der Waals surface area contributed by atoms with E-state index in [4.69, 9.17) is 4.98 Å². The zero-order chi connectivity index (χ0) is 19.1. The van der Waals surface area contributed by atoms with Gasteiger partial charge in [-0.15, -0.1) is 11.3 Å². The number of thiazole rings is 1. The molecule has 0 radical (unpaired) electrons. The van der Waals surface area contributed by atoms with Gasteiger partial charge in [-0.2, -0.15) is 0 Å². The number of benzene rings is 2. The Bertz CT molecular complexity index is 1080. The summed E-state index contributed by atoms with van der Waals surface area (Å²) in [7, 11) is 0. The molecule has 0 unspecified atom stereocenters. The van der Waals surface area contributed by atoms with E-state index < -0.39 is 0 Å². The number of amides is 1. The van der Waals surface area contributed by atoms with Crippen molar-refractivity contribution >= 4 is 23.0 Å². The number of aryl methyl sites for hydroxylation is 2. The number of nitrogens with zero attached hydrogens (tertiary/aromatic N) is 1. The van der Waals surface area contributed by atoms with Crippen molar-refractivity contribution in [2.75, 3.05) is 6.54 Å². The highest BCUT2D eigenvalue weighted by Crippen LogP contribution is 2.36. The van der Waals surface area contributed by atoms with Gasteiger partial charge in [-0.1, -0.05) is 30.3 Å². The van der Waals surface area contributed by atoms with Crippen LogP contribution in [0.2, 0.25) is 0 Å². The average Bonchev–Trinajstić information content (AvgIpc) is 3.27. The Morgan fingerprint density at radius 2 is 1.79 bits per heavy atom. The summed E-state index contributed by atoms with van der Waals surface area (Å²) < 4.78 is 0. The lowest BCUT2D eigenvalue weighted by Crippen LogP contribution is -2.25. The third-order valence-electron chi connectivity index (χ3n) is 5.50. The summed E-state index contributed by atoms with van der Waals surface area (Å²) in [6, 6.07) is 13.0. The van der Waals surface area contributed by atoms with Crippen molar-refractivity contribution in [3.05, 3.63) is 74.7 Å². The maximum Gasteiger partial charge on any atom is 0.251 e. The molecule has 2 aliphatic carbocycles. The lowest BCUT2D eigenvalue weighted by molar-refractivity contribution is 0.0954. The normalized spacial score (nSPS) is 14.4. The molecule has 0 fully saturated rings. The minimum absolute atomic E-state index is 0.00591. The first-order valence-electron chi connectivity index (χ1n) is 9.74. The molecular weight excluding hydrogens is 368 g/mol. The molecule has 3 aromatic rings. The molecule has 5 heteroatoms. The third kappa shape index (κ3) is 2.96. The van der Waals surface area contributed by atoms with Crippen LogP contribution in [0, 0.1) is 0 Å². The standard InChI is InChI=1S/C23H20N2O2S/c26-22-17-6-2-1-5-15(17)16-10-9-14(13-18(16)22)23(27)24-12-11-21-25-19-7-3-4-8-20(19)28-21/h1-2,5-6,9-10,13H,3-4,7-8,11-12H2,(H,24,27). The lowest BCUT2D eigenvalue weighted by atomic mass is 10.0. The molecule has 28 heavy (non-hydrogen) atoms. The van der Waals surface area contributed by atoms with Gasteiger partial charge in [-0.05, 0) is 48.9 Å². The molecule has 0 atom stereocenters. The highest BCUT2D eigenvalue weighted by molar-refractivity contribution is 7.11. The van der Waals surface area contributed by atoms with Crippen LogP contribution >= 0.6 is 11.3 Å². The number of carbonyl (C=O) groups excluding carboxylic acids is 2. The number of hydrogen-bond donors (Lipinski definition) is 1. The van der Waals surface area contributed by atoms with Gasteiger partial charge in [0, 0.05) is 34.5 Å². The van der Waals surface area contributed by atoms with Crippen LogP contribution in [0.25, 0.3) is 11.1 Å². The maximum absolute atomic E-state index is 12.6. The van der Waals surface area contributed by atoms with Crippen molar-refractivity contribution in [1.29, 1.82) is 0 Å².